The first kappa shape index (κ1) is 21.2. The van der Waals surface area contributed by atoms with Gasteiger partial charge in [-0.2, -0.15) is 5.10 Å². The SMILES string of the molecule is Cc1cccc(-c2[nH]ncc2-c2ccc3nccc(C(=O)OCCN4CCNCC4)c3c2)n1. The number of carbonyl (C=O) groups is 1. The molecule has 8 nitrogen and oxygen atoms in total. The second-order valence-electron chi connectivity index (χ2n) is 8.14. The summed E-state index contributed by atoms with van der Waals surface area (Å²) in [6.45, 7) is 6.96. The van der Waals surface area contributed by atoms with Gasteiger partial charge in [0.15, 0.2) is 0 Å². The lowest BCUT2D eigenvalue weighted by atomic mass is 10.00. The average Bonchev–Trinajstić information content (AvgIpc) is 3.34. The van der Waals surface area contributed by atoms with Crippen LogP contribution in [0.25, 0.3) is 33.4 Å². The maximum atomic E-state index is 12.9. The highest BCUT2D eigenvalue weighted by Crippen LogP contribution is 2.32. The fourth-order valence-electron chi connectivity index (χ4n) is 4.15. The van der Waals surface area contributed by atoms with Gasteiger partial charge in [-0.25, -0.2) is 4.79 Å². The third-order valence-corrected chi connectivity index (χ3v) is 5.91. The summed E-state index contributed by atoms with van der Waals surface area (Å²) in [5.41, 5.74) is 5.69. The van der Waals surface area contributed by atoms with Gasteiger partial charge in [0.25, 0.3) is 0 Å². The molecule has 1 fully saturated rings. The Morgan fingerprint density at radius 3 is 2.88 bits per heavy atom. The largest absolute Gasteiger partial charge is 0.461 e. The minimum absolute atomic E-state index is 0.331. The van der Waals surface area contributed by atoms with Gasteiger partial charge in [-0.1, -0.05) is 12.1 Å². The molecule has 4 aromatic rings. The summed E-state index contributed by atoms with van der Waals surface area (Å²) < 4.78 is 5.62. The zero-order valence-corrected chi connectivity index (χ0v) is 18.5. The molecule has 33 heavy (non-hydrogen) atoms. The van der Waals surface area contributed by atoms with Crippen LogP contribution in [0.15, 0.2) is 54.9 Å². The van der Waals surface area contributed by atoms with Gasteiger partial charge in [0.1, 0.15) is 6.61 Å². The van der Waals surface area contributed by atoms with Gasteiger partial charge in [0.2, 0.25) is 0 Å². The number of H-pyrrole nitrogens is 1. The lowest BCUT2D eigenvalue weighted by molar-refractivity contribution is 0.0458. The van der Waals surface area contributed by atoms with Crippen LogP contribution in [-0.4, -0.2) is 70.4 Å². The first-order valence-corrected chi connectivity index (χ1v) is 11.2. The molecule has 1 aromatic carbocycles. The summed E-state index contributed by atoms with van der Waals surface area (Å²) in [7, 11) is 0. The molecule has 0 unspecified atom stereocenters. The molecule has 1 aliphatic rings. The van der Waals surface area contributed by atoms with Crippen molar-refractivity contribution in [2.75, 3.05) is 39.3 Å². The molecule has 0 atom stereocenters. The molecule has 0 aliphatic carbocycles. The number of fused-ring (bicyclic) bond motifs is 1. The Morgan fingerprint density at radius 1 is 1.15 bits per heavy atom. The zero-order chi connectivity index (χ0) is 22.6. The van der Waals surface area contributed by atoms with Crippen molar-refractivity contribution in [1.29, 1.82) is 0 Å². The Hall–Kier alpha value is -3.62. The summed E-state index contributed by atoms with van der Waals surface area (Å²) in [5.74, 6) is -0.331. The number of nitrogens with one attached hydrogen (secondary N) is 2. The van der Waals surface area contributed by atoms with Crippen molar-refractivity contribution < 1.29 is 9.53 Å². The first-order chi connectivity index (χ1) is 16.2. The van der Waals surface area contributed by atoms with E-state index < -0.39 is 0 Å². The third kappa shape index (κ3) is 4.62. The van der Waals surface area contributed by atoms with Crippen LogP contribution in [0.3, 0.4) is 0 Å². The fraction of sp³-hybridized carbons (Fsp3) is 0.280. The molecule has 3 aromatic heterocycles. The van der Waals surface area contributed by atoms with Crippen LogP contribution in [0.1, 0.15) is 16.1 Å². The van der Waals surface area contributed by atoms with Crippen LogP contribution >= 0.6 is 0 Å². The average molecular weight is 443 g/mol. The quantitative estimate of drug-likeness (QED) is 0.443. The molecule has 0 bridgehead atoms. The predicted molar refractivity (Wildman–Crippen MR) is 127 cm³/mol. The van der Waals surface area contributed by atoms with E-state index in [4.69, 9.17) is 4.74 Å². The first-order valence-electron chi connectivity index (χ1n) is 11.2. The monoisotopic (exact) mass is 442 g/mol. The van der Waals surface area contributed by atoms with Crippen LogP contribution in [-0.2, 0) is 4.74 Å². The minimum atomic E-state index is -0.331. The van der Waals surface area contributed by atoms with Gasteiger partial charge in [0, 0.05) is 55.6 Å². The van der Waals surface area contributed by atoms with Gasteiger partial charge in [-0.05, 0) is 42.8 Å². The second kappa shape index (κ2) is 9.48. The summed E-state index contributed by atoms with van der Waals surface area (Å²) in [5, 5.41) is 11.4. The lowest BCUT2D eigenvalue weighted by Gasteiger charge is -2.26. The Kier molecular flexibility index (Phi) is 6.10. The second-order valence-corrected chi connectivity index (χ2v) is 8.14. The van der Waals surface area contributed by atoms with Gasteiger partial charge < -0.3 is 10.1 Å². The molecule has 5 rings (SSSR count). The zero-order valence-electron chi connectivity index (χ0n) is 18.5. The van der Waals surface area contributed by atoms with Gasteiger partial charge in [0.05, 0.1) is 28.7 Å². The van der Waals surface area contributed by atoms with Crippen molar-refractivity contribution in [1.82, 2.24) is 30.4 Å². The Morgan fingerprint density at radius 2 is 2.03 bits per heavy atom. The van der Waals surface area contributed by atoms with Gasteiger partial charge >= 0.3 is 5.97 Å². The number of aromatic nitrogens is 4. The molecule has 168 valence electrons. The van der Waals surface area contributed by atoms with Crippen LogP contribution in [0.4, 0.5) is 0 Å². The number of rotatable bonds is 6. The van der Waals surface area contributed by atoms with E-state index in [1.54, 1.807) is 18.5 Å². The van der Waals surface area contributed by atoms with E-state index in [1.807, 2.05) is 43.3 Å². The number of esters is 1. The molecule has 0 amide bonds. The number of piperazine rings is 1. The molecule has 2 N–H and O–H groups in total. The molecule has 1 saturated heterocycles. The molecule has 8 heteroatoms. The van der Waals surface area contributed by atoms with E-state index in [2.05, 4.69) is 30.4 Å². The topological polar surface area (TPSA) is 96.0 Å². The number of benzene rings is 1. The number of hydrogen-bond acceptors (Lipinski definition) is 7. The molecule has 0 saturated carbocycles. The number of nitrogens with zero attached hydrogens (tertiary/aromatic N) is 4. The molecular weight excluding hydrogens is 416 g/mol. The summed E-state index contributed by atoms with van der Waals surface area (Å²) in [6.07, 6.45) is 3.43. The van der Waals surface area contributed by atoms with Crippen molar-refractivity contribution in [3.8, 4) is 22.5 Å². The molecule has 4 heterocycles. The lowest BCUT2D eigenvalue weighted by Crippen LogP contribution is -2.44. The van der Waals surface area contributed by atoms with Crippen molar-refractivity contribution in [3.05, 3.63) is 66.1 Å². The maximum Gasteiger partial charge on any atom is 0.338 e. The smallest absolute Gasteiger partial charge is 0.338 e. The Balaban J connectivity index is 1.41. The van der Waals surface area contributed by atoms with E-state index in [-0.39, 0.29) is 5.97 Å². The van der Waals surface area contributed by atoms with Gasteiger partial charge in [-0.15, -0.1) is 0 Å². The molecular formula is C25H26N6O2. The predicted octanol–water partition coefficient (Wildman–Crippen LogP) is 3.06. The summed E-state index contributed by atoms with van der Waals surface area (Å²) in [6, 6.07) is 13.5. The van der Waals surface area contributed by atoms with E-state index in [1.165, 1.54) is 0 Å². The highest BCUT2D eigenvalue weighted by Gasteiger charge is 2.17. The number of aromatic amines is 1. The van der Waals surface area contributed by atoms with Crippen molar-refractivity contribution in [2.24, 2.45) is 0 Å². The highest BCUT2D eigenvalue weighted by atomic mass is 16.5. The molecule has 0 radical (unpaired) electrons. The van der Waals surface area contributed by atoms with Gasteiger partial charge in [-0.3, -0.25) is 20.0 Å². The Bertz CT molecular complexity index is 1280. The number of pyridine rings is 2. The standard InChI is InChI=1S/C25H26N6O2/c1-17-3-2-4-23(29-17)24-21(16-28-30-24)18-5-6-22-20(15-18)19(7-8-27-22)25(32)33-14-13-31-11-9-26-10-12-31/h2-8,15-16,26H,9-14H2,1H3,(H,28,30). The van der Waals surface area contributed by atoms with Crippen LogP contribution in [0.2, 0.25) is 0 Å². The van der Waals surface area contributed by atoms with Crippen molar-refractivity contribution in [2.45, 2.75) is 6.92 Å². The summed E-state index contributed by atoms with van der Waals surface area (Å²) >= 11 is 0. The highest BCUT2D eigenvalue weighted by molar-refractivity contribution is 6.04. The van der Waals surface area contributed by atoms with Crippen LogP contribution in [0.5, 0.6) is 0 Å². The third-order valence-electron chi connectivity index (χ3n) is 5.91. The number of hydrogen-bond donors (Lipinski definition) is 2. The van der Waals surface area contributed by atoms with E-state index >= 15 is 0 Å². The summed E-state index contributed by atoms with van der Waals surface area (Å²) in [4.78, 5) is 24.3. The normalized spacial score (nSPS) is 14.5. The number of carbonyl (C=O) groups excluding carboxylic acids is 1. The molecule has 0 spiro atoms. The van der Waals surface area contributed by atoms with E-state index in [9.17, 15) is 4.79 Å². The van der Waals surface area contributed by atoms with Crippen LogP contribution < -0.4 is 5.32 Å². The fourth-order valence-corrected chi connectivity index (χ4v) is 4.15. The van der Waals surface area contributed by atoms with Crippen molar-refractivity contribution >= 4 is 16.9 Å². The molecule has 1 aliphatic heterocycles. The van der Waals surface area contributed by atoms with Crippen molar-refractivity contribution in [3.63, 3.8) is 0 Å². The van der Waals surface area contributed by atoms with Crippen LogP contribution in [0, 0.1) is 6.92 Å². The maximum absolute atomic E-state index is 12.9. The number of aryl methyl sites for hydroxylation is 1. The minimum Gasteiger partial charge on any atom is -0.461 e. The van der Waals surface area contributed by atoms with E-state index in [0.717, 1.165) is 71.8 Å². The number of ether oxygens (including phenoxy) is 1. The Labute approximate surface area is 192 Å². The van der Waals surface area contributed by atoms with E-state index in [0.29, 0.717) is 12.2 Å².